The van der Waals surface area contributed by atoms with Gasteiger partial charge in [-0.2, -0.15) is 0 Å². The average Bonchev–Trinajstić information content (AvgIpc) is 3.24. The molecule has 1 aromatic carbocycles. The van der Waals surface area contributed by atoms with Crippen molar-refractivity contribution >= 4 is 46.3 Å². The third-order valence-electron chi connectivity index (χ3n) is 6.16. The van der Waals surface area contributed by atoms with E-state index in [1.807, 2.05) is 28.5 Å². The Balaban J connectivity index is 1.62. The largest absolute Gasteiger partial charge is 0.458 e. The molecular weight excluding hydrogens is 488 g/mol. The molecule has 10 heteroatoms. The number of piperazine rings is 1. The predicted molar refractivity (Wildman–Crippen MR) is 136 cm³/mol. The number of ether oxygens (including phenoxy) is 1. The van der Waals surface area contributed by atoms with Crippen LogP contribution in [0.1, 0.15) is 31.9 Å². The van der Waals surface area contributed by atoms with Gasteiger partial charge in [0, 0.05) is 43.8 Å². The van der Waals surface area contributed by atoms with E-state index in [9.17, 15) is 14.4 Å². The number of halogens is 1. The second-order valence-electron chi connectivity index (χ2n) is 8.37. The van der Waals surface area contributed by atoms with Crippen molar-refractivity contribution in [2.45, 2.75) is 26.3 Å². The van der Waals surface area contributed by atoms with Crippen LogP contribution < -0.4 is 0 Å². The van der Waals surface area contributed by atoms with Gasteiger partial charge in [0.2, 0.25) is 11.8 Å². The summed E-state index contributed by atoms with van der Waals surface area (Å²) in [4.78, 5) is 48.0. The van der Waals surface area contributed by atoms with Gasteiger partial charge >= 0.3 is 5.97 Å². The van der Waals surface area contributed by atoms with Crippen LogP contribution in [0.3, 0.4) is 0 Å². The molecule has 1 atom stereocenters. The molecular formula is C25H27ClN4O4S. The zero-order valence-corrected chi connectivity index (χ0v) is 21.3. The number of amides is 2. The van der Waals surface area contributed by atoms with Gasteiger partial charge in [-0.3, -0.25) is 9.59 Å². The molecule has 35 heavy (non-hydrogen) atoms. The first-order valence-electron chi connectivity index (χ1n) is 11.3. The number of hydrogen-bond donors (Lipinski definition) is 0. The number of allylic oxidation sites excluding steroid dienone is 1. The minimum atomic E-state index is -0.586. The van der Waals surface area contributed by atoms with Crippen LogP contribution in [0, 0.1) is 0 Å². The van der Waals surface area contributed by atoms with Crippen molar-refractivity contribution in [1.82, 2.24) is 14.7 Å². The summed E-state index contributed by atoms with van der Waals surface area (Å²) in [7, 11) is 0. The number of nitrogens with zero attached hydrogens (tertiary/aromatic N) is 4. The Hall–Kier alpha value is -3.04. The van der Waals surface area contributed by atoms with Crippen molar-refractivity contribution in [2.75, 3.05) is 32.8 Å². The van der Waals surface area contributed by atoms with E-state index in [1.54, 1.807) is 22.8 Å². The zero-order valence-electron chi connectivity index (χ0n) is 19.7. The van der Waals surface area contributed by atoms with E-state index >= 15 is 0 Å². The summed E-state index contributed by atoms with van der Waals surface area (Å²) in [6.45, 7) is 9.03. The van der Waals surface area contributed by atoms with Crippen LogP contribution in [-0.4, -0.2) is 70.4 Å². The van der Waals surface area contributed by atoms with Crippen LogP contribution in [0.15, 0.2) is 64.3 Å². The molecule has 3 aliphatic rings. The molecule has 0 spiro atoms. The fourth-order valence-corrected chi connectivity index (χ4v) is 5.58. The van der Waals surface area contributed by atoms with Crippen molar-refractivity contribution in [3.63, 3.8) is 0 Å². The molecule has 3 aliphatic heterocycles. The number of benzene rings is 1. The van der Waals surface area contributed by atoms with Crippen molar-refractivity contribution in [3.8, 4) is 0 Å². The summed E-state index contributed by atoms with van der Waals surface area (Å²) in [6, 6.07) is 6.75. The summed E-state index contributed by atoms with van der Waals surface area (Å²) >= 11 is 8.01. The molecule has 0 unspecified atom stereocenters. The van der Waals surface area contributed by atoms with E-state index in [-0.39, 0.29) is 24.8 Å². The monoisotopic (exact) mass is 514 g/mol. The van der Waals surface area contributed by atoms with E-state index in [1.165, 1.54) is 24.8 Å². The molecule has 0 aliphatic carbocycles. The Morgan fingerprint density at radius 3 is 2.54 bits per heavy atom. The summed E-state index contributed by atoms with van der Waals surface area (Å²) in [5.41, 5.74) is 2.38. The van der Waals surface area contributed by atoms with Gasteiger partial charge in [-0.05, 0) is 24.0 Å². The Morgan fingerprint density at radius 1 is 1.20 bits per heavy atom. The van der Waals surface area contributed by atoms with Crippen LogP contribution in [0.4, 0.5) is 0 Å². The molecule has 0 bridgehead atoms. The number of rotatable bonds is 6. The fourth-order valence-electron chi connectivity index (χ4n) is 4.37. The molecule has 0 aromatic heterocycles. The molecule has 0 N–H and O–H groups in total. The maximum atomic E-state index is 13.2. The molecule has 184 valence electrons. The quantitative estimate of drug-likeness (QED) is 0.425. The molecule has 4 rings (SSSR count). The Bertz CT molecular complexity index is 1150. The normalized spacial score (nSPS) is 19.7. The number of amidine groups is 1. The molecule has 0 radical (unpaired) electrons. The summed E-state index contributed by atoms with van der Waals surface area (Å²) in [5.74, 6) is -0.527. The molecule has 8 nitrogen and oxygen atoms in total. The highest BCUT2D eigenvalue weighted by atomic mass is 35.5. The van der Waals surface area contributed by atoms with E-state index < -0.39 is 12.0 Å². The number of aliphatic imine (C=N–C) groups is 1. The summed E-state index contributed by atoms with van der Waals surface area (Å²) < 4.78 is 5.39. The lowest BCUT2D eigenvalue weighted by molar-refractivity contribution is -0.138. The van der Waals surface area contributed by atoms with Crippen molar-refractivity contribution < 1.29 is 19.1 Å². The number of carbonyl (C=O) groups is 3. The van der Waals surface area contributed by atoms with Crippen LogP contribution in [0.25, 0.3) is 0 Å². The van der Waals surface area contributed by atoms with Crippen molar-refractivity contribution in [3.05, 3.63) is 69.9 Å². The Morgan fingerprint density at radius 2 is 1.89 bits per heavy atom. The minimum Gasteiger partial charge on any atom is -0.458 e. The molecule has 1 fully saturated rings. The standard InChI is InChI=1S/C25H27ClN4O4S/c1-4-13-34-24(33)22-16(2)27-25-30(23(22)19-7-5-6-8-20(19)26)18(15-35-25)14-21(32)29-11-9-28(10-12-29)17(3)31/h4-8,15,23H,1,9-14H2,2-3H3/t23-/m1/s1. The number of fused-ring (bicyclic) bond motifs is 1. The zero-order chi connectivity index (χ0) is 25.1. The average molecular weight is 515 g/mol. The summed E-state index contributed by atoms with van der Waals surface area (Å²) in [5, 5.41) is 3.08. The lowest BCUT2D eigenvalue weighted by Gasteiger charge is -2.38. The summed E-state index contributed by atoms with van der Waals surface area (Å²) in [6.07, 6.45) is 1.65. The molecule has 1 aromatic rings. The third kappa shape index (κ3) is 5.16. The highest BCUT2D eigenvalue weighted by molar-refractivity contribution is 8.16. The minimum absolute atomic E-state index is 0.0155. The van der Waals surface area contributed by atoms with Gasteiger partial charge in [0.15, 0.2) is 5.17 Å². The van der Waals surface area contributed by atoms with Gasteiger partial charge in [-0.15, -0.1) is 0 Å². The number of esters is 1. The van der Waals surface area contributed by atoms with Crippen LogP contribution in [0.5, 0.6) is 0 Å². The van der Waals surface area contributed by atoms with Gasteiger partial charge in [-0.25, -0.2) is 9.79 Å². The Kier molecular flexibility index (Phi) is 7.66. The third-order valence-corrected chi connectivity index (χ3v) is 7.40. The maximum absolute atomic E-state index is 13.2. The first kappa shape index (κ1) is 25.1. The highest BCUT2D eigenvalue weighted by Gasteiger charge is 2.42. The molecule has 1 saturated heterocycles. The Labute approximate surface area is 213 Å². The topological polar surface area (TPSA) is 82.5 Å². The van der Waals surface area contributed by atoms with Crippen LogP contribution in [0.2, 0.25) is 5.02 Å². The van der Waals surface area contributed by atoms with Crippen LogP contribution >= 0.6 is 23.4 Å². The van der Waals surface area contributed by atoms with Gasteiger partial charge in [0.25, 0.3) is 0 Å². The van der Waals surface area contributed by atoms with E-state index in [0.717, 1.165) is 11.3 Å². The lowest BCUT2D eigenvalue weighted by atomic mass is 9.93. The number of thioether (sulfide) groups is 1. The molecule has 3 heterocycles. The van der Waals surface area contributed by atoms with E-state index in [4.69, 9.17) is 16.3 Å². The first-order valence-corrected chi connectivity index (χ1v) is 12.6. The molecule has 0 saturated carbocycles. The van der Waals surface area contributed by atoms with Crippen molar-refractivity contribution in [2.24, 2.45) is 4.99 Å². The first-order chi connectivity index (χ1) is 16.8. The van der Waals surface area contributed by atoms with Gasteiger partial charge in [-0.1, -0.05) is 54.2 Å². The molecule has 2 amide bonds. The van der Waals surface area contributed by atoms with Gasteiger partial charge < -0.3 is 19.4 Å². The highest BCUT2D eigenvalue weighted by Crippen LogP contribution is 2.46. The second-order valence-corrected chi connectivity index (χ2v) is 9.61. The number of carbonyl (C=O) groups excluding carboxylic acids is 3. The van der Waals surface area contributed by atoms with Crippen molar-refractivity contribution in [1.29, 1.82) is 0 Å². The van der Waals surface area contributed by atoms with Gasteiger partial charge in [0.05, 0.1) is 23.7 Å². The second kappa shape index (κ2) is 10.7. The number of hydrogen-bond acceptors (Lipinski definition) is 7. The lowest BCUT2D eigenvalue weighted by Crippen LogP contribution is -2.50. The fraction of sp³-hybridized carbons (Fsp3) is 0.360. The van der Waals surface area contributed by atoms with Gasteiger partial charge in [0.1, 0.15) is 6.61 Å². The van der Waals surface area contributed by atoms with E-state index in [2.05, 4.69) is 11.6 Å². The van der Waals surface area contributed by atoms with Crippen LogP contribution in [-0.2, 0) is 19.1 Å². The predicted octanol–water partition coefficient (Wildman–Crippen LogP) is 3.72. The van der Waals surface area contributed by atoms with E-state index in [0.29, 0.717) is 47.6 Å². The SMILES string of the molecule is C=CCOC(=O)C1=C(C)N=C2SC=C(CC(=O)N3CCN(C(C)=O)CC3)N2[C@@H]1c1ccccc1Cl. The smallest absolute Gasteiger partial charge is 0.338 e. The maximum Gasteiger partial charge on any atom is 0.338 e.